The van der Waals surface area contributed by atoms with Crippen LogP contribution in [0, 0.1) is 0 Å². The molecule has 0 fully saturated rings. The van der Waals surface area contributed by atoms with Crippen LogP contribution < -0.4 is 11.2 Å². The molecule has 0 atom stereocenters. The Balaban J connectivity index is 3.21. The van der Waals surface area contributed by atoms with Gasteiger partial charge in [0.05, 0.1) is 0 Å². The van der Waals surface area contributed by atoms with E-state index >= 15 is 0 Å². The van der Waals surface area contributed by atoms with E-state index in [4.69, 9.17) is 0 Å². The van der Waals surface area contributed by atoms with E-state index in [1.807, 2.05) is 6.92 Å². The van der Waals surface area contributed by atoms with Crippen molar-refractivity contribution in [2.45, 2.75) is 19.8 Å². The third kappa shape index (κ3) is 2.64. The zero-order valence-electron chi connectivity index (χ0n) is 10.3. The van der Waals surface area contributed by atoms with Gasteiger partial charge in [-0.1, -0.05) is 13.3 Å². The fraction of sp³-hybridized carbons (Fsp3) is 0.545. The molecule has 0 aliphatic rings. The Kier molecular flexibility index (Phi) is 4.25. The largest absolute Gasteiger partial charge is 0.494 e. The molecule has 94 valence electrons. The van der Waals surface area contributed by atoms with Crippen LogP contribution in [0.3, 0.4) is 0 Å². The molecule has 1 heterocycles. The first-order valence-electron chi connectivity index (χ1n) is 5.49. The van der Waals surface area contributed by atoms with E-state index in [1.165, 1.54) is 20.3 Å². The van der Waals surface area contributed by atoms with Gasteiger partial charge in [0.2, 0.25) is 5.88 Å². The van der Waals surface area contributed by atoms with E-state index in [0.717, 1.165) is 22.0 Å². The Bertz CT molecular complexity index is 540. The van der Waals surface area contributed by atoms with Crippen LogP contribution in [-0.4, -0.2) is 27.0 Å². The third-order valence-corrected chi connectivity index (χ3v) is 2.53. The minimum atomic E-state index is -0.557. The second-order valence-electron chi connectivity index (χ2n) is 3.83. The molecule has 0 aliphatic heterocycles. The molecule has 1 aromatic heterocycles. The van der Waals surface area contributed by atoms with E-state index in [2.05, 4.69) is 4.99 Å². The summed E-state index contributed by atoms with van der Waals surface area (Å²) in [4.78, 5) is 27.2. The molecule has 0 amide bonds. The smallest absolute Gasteiger partial charge is 0.333 e. The zero-order chi connectivity index (χ0) is 13.0. The average Bonchev–Trinajstić information content (AvgIpc) is 2.33. The topological polar surface area (TPSA) is 76.6 Å². The molecule has 0 unspecified atom stereocenters. The third-order valence-electron chi connectivity index (χ3n) is 2.53. The molecule has 1 aromatic rings. The number of hydrogen-bond donors (Lipinski definition) is 1. The lowest BCUT2D eigenvalue weighted by Crippen LogP contribution is -2.38. The number of nitrogens with zero attached hydrogens (tertiary/aromatic N) is 3. The number of aliphatic imine (C=N–C) groups is 1. The van der Waals surface area contributed by atoms with Crippen molar-refractivity contribution in [1.29, 1.82) is 0 Å². The lowest BCUT2D eigenvalue weighted by molar-refractivity contribution is 0.410. The lowest BCUT2D eigenvalue weighted by atomic mass is 10.3. The maximum atomic E-state index is 11.7. The number of unbranched alkanes of at least 4 members (excludes halogenated alkanes) is 1. The summed E-state index contributed by atoms with van der Waals surface area (Å²) in [6.45, 7) is 2.64. The first-order chi connectivity index (χ1) is 8.00. The highest BCUT2D eigenvalue weighted by atomic mass is 16.3. The quantitative estimate of drug-likeness (QED) is 0.594. The molecule has 0 spiro atoms. The van der Waals surface area contributed by atoms with Crippen molar-refractivity contribution in [3.8, 4) is 5.88 Å². The van der Waals surface area contributed by atoms with Crippen molar-refractivity contribution in [2.24, 2.45) is 19.1 Å². The van der Waals surface area contributed by atoms with E-state index in [0.29, 0.717) is 6.54 Å². The van der Waals surface area contributed by atoms with Gasteiger partial charge in [-0.3, -0.25) is 18.9 Å². The first-order valence-corrected chi connectivity index (χ1v) is 5.49. The van der Waals surface area contributed by atoms with Gasteiger partial charge in [0, 0.05) is 26.9 Å². The normalized spacial score (nSPS) is 11.2. The zero-order valence-corrected chi connectivity index (χ0v) is 10.3. The molecule has 0 aliphatic carbocycles. The van der Waals surface area contributed by atoms with Gasteiger partial charge in [0.15, 0.2) is 0 Å². The van der Waals surface area contributed by atoms with Gasteiger partial charge in [-0.05, 0) is 6.42 Å². The lowest BCUT2D eigenvalue weighted by Gasteiger charge is -2.06. The number of hydrogen-bond acceptors (Lipinski definition) is 4. The molecule has 6 nitrogen and oxygen atoms in total. The molecule has 6 heteroatoms. The molecule has 1 rings (SSSR count). The number of aromatic hydroxyl groups is 1. The van der Waals surface area contributed by atoms with Crippen LogP contribution >= 0.6 is 0 Å². The first kappa shape index (κ1) is 13.2. The maximum absolute atomic E-state index is 11.7. The van der Waals surface area contributed by atoms with Gasteiger partial charge in [-0.15, -0.1) is 0 Å². The Morgan fingerprint density at radius 3 is 2.53 bits per heavy atom. The van der Waals surface area contributed by atoms with E-state index in [9.17, 15) is 14.7 Å². The van der Waals surface area contributed by atoms with E-state index in [-0.39, 0.29) is 11.4 Å². The van der Waals surface area contributed by atoms with Crippen molar-refractivity contribution in [3.63, 3.8) is 0 Å². The highest BCUT2D eigenvalue weighted by Gasteiger charge is 2.12. The van der Waals surface area contributed by atoms with Gasteiger partial charge in [-0.2, -0.15) is 0 Å². The van der Waals surface area contributed by atoms with Gasteiger partial charge in [0.25, 0.3) is 5.56 Å². The molecule has 0 radical (unpaired) electrons. The van der Waals surface area contributed by atoms with Crippen molar-refractivity contribution < 1.29 is 5.11 Å². The molecule has 1 N–H and O–H groups in total. The average molecular weight is 239 g/mol. The molecular formula is C11H17N3O3. The van der Waals surface area contributed by atoms with Crippen LogP contribution in [0.1, 0.15) is 25.3 Å². The minimum absolute atomic E-state index is 0.0469. The van der Waals surface area contributed by atoms with Gasteiger partial charge < -0.3 is 5.11 Å². The van der Waals surface area contributed by atoms with Crippen LogP contribution in [0.5, 0.6) is 5.88 Å². The Labute approximate surface area is 98.9 Å². The molecule has 0 saturated carbocycles. The summed E-state index contributed by atoms with van der Waals surface area (Å²) in [6.07, 6.45) is 3.25. The van der Waals surface area contributed by atoms with E-state index in [1.54, 1.807) is 0 Å². The van der Waals surface area contributed by atoms with Crippen molar-refractivity contribution in [1.82, 2.24) is 9.13 Å². The SMILES string of the molecule is CCCCN=Cc1c(O)n(C)c(=O)n(C)c1=O. The Hall–Kier alpha value is -1.85. The standard InChI is InChI=1S/C11H17N3O3/c1-4-5-6-12-7-8-9(15)13(2)11(17)14(3)10(8)16/h7,15H,4-6H2,1-3H3. The van der Waals surface area contributed by atoms with Gasteiger partial charge in [0.1, 0.15) is 5.56 Å². The highest BCUT2D eigenvalue weighted by molar-refractivity contribution is 5.81. The molecule has 0 saturated heterocycles. The maximum Gasteiger partial charge on any atom is 0.333 e. The summed E-state index contributed by atoms with van der Waals surface area (Å²) in [5.41, 5.74) is -1.05. The fourth-order valence-corrected chi connectivity index (χ4v) is 1.38. The molecule has 17 heavy (non-hydrogen) atoms. The number of rotatable bonds is 4. The van der Waals surface area contributed by atoms with Crippen LogP contribution in [0.4, 0.5) is 0 Å². The van der Waals surface area contributed by atoms with Gasteiger partial charge >= 0.3 is 5.69 Å². The molecule has 0 aromatic carbocycles. The summed E-state index contributed by atoms with van der Waals surface area (Å²) < 4.78 is 1.96. The number of aromatic nitrogens is 2. The summed E-state index contributed by atoms with van der Waals surface area (Å²) in [6, 6.07) is 0. The predicted octanol–water partition coefficient (Wildman–Crippen LogP) is 0.00860. The highest BCUT2D eigenvalue weighted by Crippen LogP contribution is 2.05. The molecular weight excluding hydrogens is 222 g/mol. The van der Waals surface area contributed by atoms with Gasteiger partial charge in [-0.25, -0.2) is 4.79 Å². The minimum Gasteiger partial charge on any atom is -0.494 e. The van der Waals surface area contributed by atoms with Crippen LogP contribution in [0.2, 0.25) is 0 Å². The Morgan fingerprint density at radius 1 is 1.29 bits per heavy atom. The summed E-state index contributed by atoms with van der Waals surface area (Å²) in [5, 5.41) is 9.70. The Morgan fingerprint density at radius 2 is 1.94 bits per heavy atom. The summed E-state index contributed by atoms with van der Waals surface area (Å²) >= 11 is 0. The fourth-order valence-electron chi connectivity index (χ4n) is 1.38. The summed E-state index contributed by atoms with van der Waals surface area (Å²) in [5.74, 6) is -0.349. The van der Waals surface area contributed by atoms with Crippen LogP contribution in [-0.2, 0) is 14.1 Å². The predicted molar refractivity (Wildman–Crippen MR) is 66.0 cm³/mol. The van der Waals surface area contributed by atoms with E-state index < -0.39 is 11.2 Å². The molecule has 0 bridgehead atoms. The van der Waals surface area contributed by atoms with Crippen molar-refractivity contribution in [2.75, 3.05) is 6.54 Å². The summed E-state index contributed by atoms with van der Waals surface area (Å²) in [7, 11) is 2.77. The van der Waals surface area contributed by atoms with Crippen molar-refractivity contribution in [3.05, 3.63) is 26.4 Å². The van der Waals surface area contributed by atoms with Crippen molar-refractivity contribution >= 4 is 6.21 Å². The second-order valence-corrected chi connectivity index (χ2v) is 3.83. The van der Waals surface area contributed by atoms with Crippen LogP contribution in [0.25, 0.3) is 0 Å². The van der Waals surface area contributed by atoms with Crippen LogP contribution in [0.15, 0.2) is 14.6 Å². The monoisotopic (exact) mass is 239 g/mol. The second kappa shape index (κ2) is 5.47.